The van der Waals surface area contributed by atoms with Crippen LogP contribution in [0.4, 0.5) is 11.6 Å². The second-order valence-electron chi connectivity index (χ2n) is 9.31. The molecule has 2 N–H and O–H groups in total. The fourth-order valence-corrected chi connectivity index (χ4v) is 4.57. The van der Waals surface area contributed by atoms with Gasteiger partial charge in [-0.05, 0) is 69.1 Å². The molecule has 0 unspecified atom stereocenters. The zero-order valence-electron chi connectivity index (χ0n) is 20.8. The highest BCUT2D eigenvalue weighted by atomic mass is 16.5. The Balaban J connectivity index is 1.59. The number of rotatable bonds is 6. The van der Waals surface area contributed by atoms with Crippen molar-refractivity contribution in [1.82, 2.24) is 29.6 Å². The molecule has 0 radical (unpaired) electrons. The summed E-state index contributed by atoms with van der Waals surface area (Å²) in [7, 11) is 1.35. The van der Waals surface area contributed by atoms with Crippen LogP contribution in [-0.2, 0) is 34.5 Å². The molecular weight excluding hydrogens is 458 g/mol. The second-order valence-corrected chi connectivity index (χ2v) is 9.31. The van der Waals surface area contributed by atoms with E-state index in [1.165, 1.54) is 18.2 Å². The first-order valence-corrected chi connectivity index (χ1v) is 12.0. The third-order valence-electron chi connectivity index (χ3n) is 6.65. The van der Waals surface area contributed by atoms with Crippen LogP contribution in [0.15, 0.2) is 47.5 Å². The molecule has 5 rings (SSSR count). The van der Waals surface area contributed by atoms with Crippen molar-refractivity contribution in [1.29, 1.82) is 0 Å². The molecule has 0 fully saturated rings. The first-order chi connectivity index (χ1) is 17.3. The molecule has 4 heterocycles. The van der Waals surface area contributed by atoms with Crippen molar-refractivity contribution in [2.45, 2.75) is 45.7 Å². The van der Waals surface area contributed by atoms with Gasteiger partial charge in [-0.2, -0.15) is 4.98 Å². The zero-order chi connectivity index (χ0) is 25.4. The van der Waals surface area contributed by atoms with Gasteiger partial charge in [0, 0.05) is 31.2 Å². The van der Waals surface area contributed by atoms with Crippen molar-refractivity contribution in [3.8, 4) is 5.69 Å². The van der Waals surface area contributed by atoms with E-state index >= 15 is 0 Å². The van der Waals surface area contributed by atoms with Gasteiger partial charge in [0.05, 0.1) is 18.5 Å². The van der Waals surface area contributed by atoms with Crippen molar-refractivity contribution in [3.63, 3.8) is 0 Å². The zero-order valence-corrected chi connectivity index (χ0v) is 20.8. The first-order valence-electron chi connectivity index (χ1n) is 12.0. The third kappa shape index (κ3) is 4.03. The Labute approximate surface area is 208 Å². The number of methoxy groups -OCH3 is 1. The van der Waals surface area contributed by atoms with Gasteiger partial charge in [0.2, 0.25) is 5.95 Å². The Morgan fingerprint density at radius 1 is 1.19 bits per heavy atom. The minimum absolute atomic E-state index is 0.189. The number of carbonyl (C=O) groups excluding carboxylic acids is 1. The maximum Gasteiger partial charge on any atom is 0.317 e. The molecule has 186 valence electrons. The molecule has 1 aliphatic rings. The summed E-state index contributed by atoms with van der Waals surface area (Å²) in [6.07, 6.45) is 4.14. The van der Waals surface area contributed by atoms with Crippen LogP contribution in [0.5, 0.6) is 0 Å². The number of carbonyl (C=O) groups is 1. The number of benzene rings is 1. The smallest absolute Gasteiger partial charge is 0.317 e. The number of hydrogen-bond acceptors (Lipinski definition) is 8. The summed E-state index contributed by atoms with van der Waals surface area (Å²) in [5.41, 5.74) is 3.99. The topological polar surface area (TPSA) is 116 Å². The van der Waals surface area contributed by atoms with Crippen LogP contribution in [0.1, 0.15) is 37.6 Å². The SMILES string of the molecule is CCn1c(=O)c2cnc(Nc3ccc4c(c3)CCNC4)nc2n1-c1ccnc(C(C)(C)C(=O)OC)c1. The predicted molar refractivity (Wildman–Crippen MR) is 137 cm³/mol. The van der Waals surface area contributed by atoms with Gasteiger partial charge in [0.15, 0.2) is 5.65 Å². The van der Waals surface area contributed by atoms with Crippen molar-refractivity contribution < 1.29 is 9.53 Å². The Kier molecular flexibility index (Phi) is 6.05. The third-order valence-corrected chi connectivity index (χ3v) is 6.65. The predicted octanol–water partition coefficient (Wildman–Crippen LogP) is 2.84. The number of hydrogen-bond donors (Lipinski definition) is 2. The molecule has 1 aliphatic heterocycles. The van der Waals surface area contributed by atoms with E-state index in [1.54, 1.807) is 47.7 Å². The van der Waals surface area contributed by atoms with Crippen molar-refractivity contribution in [2.75, 3.05) is 19.0 Å². The van der Waals surface area contributed by atoms with Crippen molar-refractivity contribution >= 4 is 28.6 Å². The molecule has 0 saturated carbocycles. The monoisotopic (exact) mass is 487 g/mol. The van der Waals surface area contributed by atoms with Crippen LogP contribution in [0.2, 0.25) is 0 Å². The van der Waals surface area contributed by atoms with Gasteiger partial charge in [0.25, 0.3) is 5.56 Å². The number of fused-ring (bicyclic) bond motifs is 2. The molecule has 10 nitrogen and oxygen atoms in total. The number of esters is 1. The Morgan fingerprint density at radius 2 is 2.03 bits per heavy atom. The molecular formula is C26H29N7O3. The maximum absolute atomic E-state index is 13.2. The van der Waals surface area contributed by atoms with E-state index in [4.69, 9.17) is 9.72 Å². The van der Waals surface area contributed by atoms with E-state index in [1.807, 2.05) is 13.0 Å². The molecule has 4 aromatic rings. The van der Waals surface area contributed by atoms with Crippen molar-refractivity contribution in [3.05, 3.63) is 69.9 Å². The lowest BCUT2D eigenvalue weighted by molar-refractivity contribution is -0.146. The number of pyridine rings is 1. The highest BCUT2D eigenvalue weighted by Crippen LogP contribution is 2.26. The van der Waals surface area contributed by atoms with Gasteiger partial charge < -0.3 is 15.4 Å². The molecule has 0 spiro atoms. The van der Waals surface area contributed by atoms with Gasteiger partial charge in [-0.25, -0.2) is 14.3 Å². The molecule has 0 bridgehead atoms. The largest absolute Gasteiger partial charge is 0.468 e. The van der Waals surface area contributed by atoms with Gasteiger partial charge in [-0.3, -0.25) is 14.6 Å². The van der Waals surface area contributed by atoms with Gasteiger partial charge in [0.1, 0.15) is 10.8 Å². The highest BCUT2D eigenvalue weighted by Gasteiger charge is 2.33. The van der Waals surface area contributed by atoms with Crippen LogP contribution >= 0.6 is 0 Å². The summed E-state index contributed by atoms with van der Waals surface area (Å²) in [6.45, 7) is 7.65. The fourth-order valence-electron chi connectivity index (χ4n) is 4.57. The Morgan fingerprint density at radius 3 is 2.81 bits per heavy atom. The lowest BCUT2D eigenvalue weighted by Gasteiger charge is -2.21. The summed E-state index contributed by atoms with van der Waals surface area (Å²) in [5.74, 6) is -0.00500. The number of anilines is 2. The minimum atomic E-state index is -0.964. The Hall–Kier alpha value is -4.05. The molecule has 0 aliphatic carbocycles. The molecule has 0 saturated heterocycles. The molecule has 36 heavy (non-hydrogen) atoms. The van der Waals surface area contributed by atoms with E-state index < -0.39 is 11.4 Å². The fraction of sp³-hybridized carbons (Fsp3) is 0.346. The van der Waals surface area contributed by atoms with Gasteiger partial charge in [-0.1, -0.05) is 6.07 Å². The summed E-state index contributed by atoms with van der Waals surface area (Å²) >= 11 is 0. The summed E-state index contributed by atoms with van der Waals surface area (Å²) < 4.78 is 8.32. The second kappa shape index (κ2) is 9.19. The molecule has 0 amide bonds. The van der Waals surface area contributed by atoms with E-state index in [2.05, 4.69) is 32.7 Å². The maximum atomic E-state index is 13.2. The first kappa shape index (κ1) is 23.7. The summed E-state index contributed by atoms with van der Waals surface area (Å²) in [5, 5.41) is 7.07. The average Bonchev–Trinajstić information content (AvgIpc) is 3.18. The molecule has 10 heteroatoms. The van der Waals surface area contributed by atoms with Gasteiger partial charge in [-0.15, -0.1) is 0 Å². The lowest BCUT2D eigenvalue weighted by atomic mass is 9.89. The quantitative estimate of drug-likeness (QED) is 0.399. The normalized spacial score (nSPS) is 13.4. The summed E-state index contributed by atoms with van der Waals surface area (Å²) in [4.78, 5) is 39.1. The average molecular weight is 488 g/mol. The van der Waals surface area contributed by atoms with Crippen LogP contribution in [0.25, 0.3) is 16.7 Å². The van der Waals surface area contributed by atoms with E-state index in [0.29, 0.717) is 34.9 Å². The number of nitrogens with zero attached hydrogens (tertiary/aromatic N) is 5. The molecule has 1 aromatic carbocycles. The van der Waals surface area contributed by atoms with E-state index in [-0.39, 0.29) is 5.56 Å². The van der Waals surface area contributed by atoms with E-state index in [9.17, 15) is 9.59 Å². The number of ether oxygens (including phenoxy) is 1. The molecule has 0 atom stereocenters. The van der Waals surface area contributed by atoms with Crippen LogP contribution in [-0.4, -0.2) is 43.9 Å². The highest BCUT2D eigenvalue weighted by molar-refractivity contribution is 5.82. The number of nitrogens with one attached hydrogen (secondary N) is 2. The minimum Gasteiger partial charge on any atom is -0.468 e. The number of aromatic nitrogens is 5. The Bertz CT molecular complexity index is 1520. The lowest BCUT2D eigenvalue weighted by Crippen LogP contribution is -2.31. The summed E-state index contributed by atoms with van der Waals surface area (Å²) in [6, 6.07) is 9.81. The van der Waals surface area contributed by atoms with Crippen molar-refractivity contribution in [2.24, 2.45) is 0 Å². The van der Waals surface area contributed by atoms with Crippen LogP contribution in [0.3, 0.4) is 0 Å². The van der Waals surface area contributed by atoms with Crippen LogP contribution < -0.4 is 16.2 Å². The van der Waals surface area contributed by atoms with Crippen LogP contribution in [0, 0.1) is 0 Å². The molecule has 3 aromatic heterocycles. The van der Waals surface area contributed by atoms with E-state index in [0.717, 1.165) is 25.2 Å². The van der Waals surface area contributed by atoms with Gasteiger partial charge >= 0.3 is 5.97 Å². The standard InChI is InChI=1S/C26H29N7O3/c1-5-32-23(34)20-15-29-25(30-18-7-6-17-14-27-10-8-16(17)12-18)31-22(20)33(32)19-9-11-28-21(13-19)26(2,3)24(35)36-4/h6-7,9,11-13,15,27H,5,8,10,14H2,1-4H3,(H,29,30,31).